The van der Waals surface area contributed by atoms with Gasteiger partial charge in [0.1, 0.15) is 0 Å². The van der Waals surface area contributed by atoms with Crippen LogP contribution in [0.25, 0.3) is 10.9 Å². The first-order valence-corrected chi connectivity index (χ1v) is 8.06. The molecule has 4 nitrogen and oxygen atoms in total. The maximum atomic E-state index is 12.7. The second-order valence-corrected chi connectivity index (χ2v) is 6.26. The van der Waals surface area contributed by atoms with Crippen LogP contribution in [0.2, 0.25) is 0 Å². The Balaban J connectivity index is 1.95. The SMILES string of the molecule is CC(C)c1cc(C(=O)NC2CCNCC2)c2ccccc2n1. The van der Waals surface area contributed by atoms with Crippen LogP contribution in [0.15, 0.2) is 30.3 Å². The van der Waals surface area contributed by atoms with Crippen LogP contribution in [0.5, 0.6) is 0 Å². The van der Waals surface area contributed by atoms with Gasteiger partial charge in [-0.2, -0.15) is 0 Å². The first-order valence-electron chi connectivity index (χ1n) is 8.06. The van der Waals surface area contributed by atoms with Crippen LogP contribution in [0.4, 0.5) is 0 Å². The smallest absolute Gasteiger partial charge is 0.252 e. The van der Waals surface area contributed by atoms with E-state index in [1.807, 2.05) is 30.3 Å². The highest BCUT2D eigenvalue weighted by Crippen LogP contribution is 2.22. The monoisotopic (exact) mass is 297 g/mol. The molecule has 0 bridgehead atoms. The summed E-state index contributed by atoms with van der Waals surface area (Å²) < 4.78 is 0. The van der Waals surface area contributed by atoms with Crippen molar-refractivity contribution in [3.63, 3.8) is 0 Å². The molecule has 0 unspecified atom stereocenters. The Morgan fingerprint density at radius 3 is 2.73 bits per heavy atom. The molecular formula is C18H23N3O. The first-order chi connectivity index (χ1) is 10.6. The molecular weight excluding hydrogens is 274 g/mol. The Labute approximate surface area is 131 Å². The van der Waals surface area contributed by atoms with Gasteiger partial charge in [0.05, 0.1) is 11.1 Å². The number of aromatic nitrogens is 1. The number of fused-ring (bicyclic) bond motifs is 1. The second kappa shape index (κ2) is 6.44. The summed E-state index contributed by atoms with van der Waals surface area (Å²) in [6, 6.07) is 10.1. The fourth-order valence-corrected chi connectivity index (χ4v) is 2.91. The normalized spacial score (nSPS) is 16.1. The molecule has 1 fully saturated rings. The minimum atomic E-state index is 0.0207. The number of rotatable bonds is 3. The molecule has 1 aliphatic rings. The van der Waals surface area contributed by atoms with Crippen molar-refractivity contribution in [2.75, 3.05) is 13.1 Å². The van der Waals surface area contributed by atoms with Crippen molar-refractivity contribution in [2.45, 2.75) is 38.6 Å². The van der Waals surface area contributed by atoms with E-state index in [0.29, 0.717) is 5.92 Å². The van der Waals surface area contributed by atoms with Crippen molar-refractivity contribution in [3.8, 4) is 0 Å². The summed E-state index contributed by atoms with van der Waals surface area (Å²) in [4.78, 5) is 17.4. The van der Waals surface area contributed by atoms with Crippen LogP contribution < -0.4 is 10.6 Å². The van der Waals surface area contributed by atoms with Gasteiger partial charge in [-0.05, 0) is 44.0 Å². The van der Waals surface area contributed by atoms with Crippen molar-refractivity contribution in [1.82, 2.24) is 15.6 Å². The summed E-state index contributed by atoms with van der Waals surface area (Å²) in [7, 11) is 0. The summed E-state index contributed by atoms with van der Waals surface area (Å²) in [6.07, 6.45) is 1.98. The molecule has 1 aromatic heterocycles. The summed E-state index contributed by atoms with van der Waals surface area (Å²) in [5, 5.41) is 7.44. The van der Waals surface area contributed by atoms with Crippen molar-refractivity contribution in [1.29, 1.82) is 0 Å². The summed E-state index contributed by atoms with van der Waals surface area (Å²) in [6.45, 7) is 6.15. The van der Waals surface area contributed by atoms with E-state index < -0.39 is 0 Å². The third-order valence-corrected chi connectivity index (χ3v) is 4.25. The lowest BCUT2D eigenvalue weighted by atomic mass is 10.0. The quantitative estimate of drug-likeness (QED) is 0.916. The van der Waals surface area contributed by atoms with Crippen LogP contribution in [-0.4, -0.2) is 30.0 Å². The molecule has 1 amide bonds. The number of hydrogen-bond donors (Lipinski definition) is 2. The Morgan fingerprint density at radius 1 is 1.27 bits per heavy atom. The van der Waals surface area contributed by atoms with Crippen LogP contribution >= 0.6 is 0 Å². The number of nitrogens with one attached hydrogen (secondary N) is 2. The fraction of sp³-hybridized carbons (Fsp3) is 0.444. The number of carbonyl (C=O) groups is 1. The Morgan fingerprint density at radius 2 is 2.00 bits per heavy atom. The van der Waals surface area contributed by atoms with Gasteiger partial charge in [-0.1, -0.05) is 32.0 Å². The topological polar surface area (TPSA) is 54.0 Å². The Kier molecular flexibility index (Phi) is 4.39. The van der Waals surface area contributed by atoms with E-state index in [1.54, 1.807) is 0 Å². The minimum absolute atomic E-state index is 0.0207. The molecule has 3 rings (SSSR count). The third kappa shape index (κ3) is 3.12. The van der Waals surface area contributed by atoms with Crippen molar-refractivity contribution >= 4 is 16.8 Å². The number of piperidine rings is 1. The molecule has 1 saturated heterocycles. The maximum absolute atomic E-state index is 12.7. The molecule has 0 saturated carbocycles. The third-order valence-electron chi connectivity index (χ3n) is 4.25. The zero-order valence-electron chi connectivity index (χ0n) is 13.2. The van der Waals surface area contributed by atoms with Gasteiger partial charge in [0, 0.05) is 17.1 Å². The first kappa shape index (κ1) is 15.0. The highest BCUT2D eigenvalue weighted by molar-refractivity contribution is 6.06. The van der Waals surface area contributed by atoms with E-state index in [-0.39, 0.29) is 11.9 Å². The Bertz CT molecular complexity index is 675. The van der Waals surface area contributed by atoms with Gasteiger partial charge in [0.25, 0.3) is 5.91 Å². The van der Waals surface area contributed by atoms with Gasteiger partial charge in [-0.15, -0.1) is 0 Å². The summed E-state index contributed by atoms with van der Waals surface area (Å²) >= 11 is 0. The summed E-state index contributed by atoms with van der Waals surface area (Å²) in [5.74, 6) is 0.322. The number of nitrogens with zero attached hydrogens (tertiary/aromatic N) is 1. The second-order valence-electron chi connectivity index (χ2n) is 6.26. The van der Waals surface area contributed by atoms with Gasteiger partial charge >= 0.3 is 0 Å². The standard InChI is InChI=1S/C18H23N3O/c1-12(2)17-11-15(14-5-3-4-6-16(14)21-17)18(22)20-13-7-9-19-10-8-13/h3-6,11-13,19H,7-10H2,1-2H3,(H,20,22). The average Bonchev–Trinajstić information content (AvgIpc) is 2.54. The number of carbonyl (C=O) groups excluding carboxylic acids is 1. The molecule has 2 N–H and O–H groups in total. The zero-order valence-corrected chi connectivity index (χ0v) is 13.2. The predicted molar refractivity (Wildman–Crippen MR) is 89.2 cm³/mol. The summed E-state index contributed by atoms with van der Waals surface area (Å²) in [5.41, 5.74) is 2.60. The van der Waals surface area contributed by atoms with E-state index >= 15 is 0 Å². The zero-order chi connectivity index (χ0) is 15.5. The highest BCUT2D eigenvalue weighted by atomic mass is 16.1. The Hall–Kier alpha value is -1.94. The van der Waals surface area contributed by atoms with E-state index in [4.69, 9.17) is 0 Å². The van der Waals surface area contributed by atoms with E-state index in [9.17, 15) is 4.79 Å². The molecule has 2 heterocycles. The number of pyridine rings is 1. The van der Waals surface area contributed by atoms with E-state index in [1.165, 1.54) is 0 Å². The molecule has 0 aliphatic carbocycles. The van der Waals surface area contributed by atoms with Crippen molar-refractivity contribution in [3.05, 3.63) is 41.6 Å². The molecule has 2 aromatic rings. The number of benzene rings is 1. The molecule has 0 atom stereocenters. The van der Waals surface area contributed by atoms with Crippen LogP contribution in [0.1, 0.15) is 48.7 Å². The lowest BCUT2D eigenvalue weighted by Crippen LogP contribution is -2.42. The molecule has 4 heteroatoms. The molecule has 1 aromatic carbocycles. The number of hydrogen-bond acceptors (Lipinski definition) is 3. The van der Waals surface area contributed by atoms with E-state index in [2.05, 4.69) is 29.5 Å². The van der Waals surface area contributed by atoms with Crippen LogP contribution in [0.3, 0.4) is 0 Å². The van der Waals surface area contributed by atoms with E-state index in [0.717, 1.165) is 48.1 Å². The lowest BCUT2D eigenvalue weighted by Gasteiger charge is -2.24. The number of amides is 1. The average molecular weight is 297 g/mol. The lowest BCUT2D eigenvalue weighted by molar-refractivity contribution is 0.0931. The van der Waals surface area contributed by atoms with Gasteiger partial charge in [-0.25, -0.2) is 0 Å². The molecule has 116 valence electrons. The predicted octanol–water partition coefficient (Wildman–Crippen LogP) is 2.84. The van der Waals surface area contributed by atoms with Gasteiger partial charge in [0.2, 0.25) is 0 Å². The van der Waals surface area contributed by atoms with Gasteiger partial charge in [-0.3, -0.25) is 9.78 Å². The van der Waals surface area contributed by atoms with Gasteiger partial charge < -0.3 is 10.6 Å². The molecule has 22 heavy (non-hydrogen) atoms. The van der Waals surface area contributed by atoms with Crippen LogP contribution in [0, 0.1) is 0 Å². The fourth-order valence-electron chi connectivity index (χ4n) is 2.91. The van der Waals surface area contributed by atoms with Crippen molar-refractivity contribution < 1.29 is 4.79 Å². The molecule has 0 spiro atoms. The highest BCUT2D eigenvalue weighted by Gasteiger charge is 2.19. The molecule has 0 radical (unpaired) electrons. The molecule has 1 aliphatic heterocycles. The van der Waals surface area contributed by atoms with Crippen molar-refractivity contribution in [2.24, 2.45) is 0 Å². The van der Waals surface area contributed by atoms with Gasteiger partial charge in [0.15, 0.2) is 0 Å². The minimum Gasteiger partial charge on any atom is -0.349 e. The van der Waals surface area contributed by atoms with Crippen LogP contribution in [-0.2, 0) is 0 Å². The largest absolute Gasteiger partial charge is 0.349 e. The maximum Gasteiger partial charge on any atom is 0.252 e. The number of para-hydroxylation sites is 1.